The number of benzene rings is 2. The van der Waals surface area contributed by atoms with Crippen LogP contribution in [0.1, 0.15) is 40.1 Å². The zero-order chi connectivity index (χ0) is 20.5. The fourth-order valence-electron chi connectivity index (χ4n) is 2.21. The van der Waals surface area contributed by atoms with E-state index in [1.807, 2.05) is 0 Å². The first-order valence-electron chi connectivity index (χ1n) is 8.57. The molecule has 0 heterocycles. The third-order valence-corrected chi connectivity index (χ3v) is 3.68. The van der Waals surface area contributed by atoms with Crippen LogP contribution in [0.2, 0.25) is 5.02 Å². The summed E-state index contributed by atoms with van der Waals surface area (Å²) in [6.45, 7) is 3.66. The predicted octanol–water partition coefficient (Wildman–Crippen LogP) is 4.31. The minimum absolute atomic E-state index is 0.0272. The van der Waals surface area contributed by atoms with E-state index in [2.05, 4.69) is 0 Å². The van der Waals surface area contributed by atoms with Crippen molar-refractivity contribution in [3.8, 4) is 5.75 Å². The summed E-state index contributed by atoms with van der Waals surface area (Å²) in [5, 5.41) is 0.585. The van der Waals surface area contributed by atoms with Crippen molar-refractivity contribution in [1.82, 2.24) is 0 Å². The SMILES string of the molecule is CCOC(=O)c1cc(OC(=O)/C=C/c2ccc(Cl)cc2)cc(C(=O)OCC)c1. The number of carbonyl (C=O) groups excluding carboxylic acids is 3. The van der Waals surface area contributed by atoms with Gasteiger partial charge in [-0.2, -0.15) is 0 Å². The molecule has 28 heavy (non-hydrogen) atoms. The molecular formula is C21H19ClO6. The Morgan fingerprint density at radius 3 is 1.93 bits per heavy atom. The monoisotopic (exact) mass is 402 g/mol. The Hall–Kier alpha value is -3.12. The Labute approximate surface area is 167 Å². The van der Waals surface area contributed by atoms with Gasteiger partial charge in [0.1, 0.15) is 5.75 Å². The van der Waals surface area contributed by atoms with Gasteiger partial charge in [0.2, 0.25) is 0 Å². The second kappa shape index (κ2) is 10.3. The van der Waals surface area contributed by atoms with Crippen molar-refractivity contribution in [2.24, 2.45) is 0 Å². The number of hydrogen-bond acceptors (Lipinski definition) is 6. The molecule has 0 spiro atoms. The molecule has 146 valence electrons. The minimum atomic E-state index is -0.675. The predicted molar refractivity (Wildman–Crippen MR) is 104 cm³/mol. The summed E-state index contributed by atoms with van der Waals surface area (Å²) in [6.07, 6.45) is 2.78. The van der Waals surface area contributed by atoms with Crippen molar-refractivity contribution in [3.63, 3.8) is 0 Å². The maximum absolute atomic E-state index is 12.1. The van der Waals surface area contributed by atoms with Gasteiger partial charge in [-0.25, -0.2) is 14.4 Å². The Bertz CT molecular complexity index is 850. The molecule has 0 aromatic heterocycles. The van der Waals surface area contributed by atoms with Crippen LogP contribution in [0.5, 0.6) is 5.75 Å². The molecule has 0 atom stereocenters. The lowest BCUT2D eigenvalue weighted by Gasteiger charge is -2.09. The Balaban J connectivity index is 2.22. The van der Waals surface area contributed by atoms with Crippen molar-refractivity contribution >= 4 is 35.6 Å². The summed E-state index contributed by atoms with van der Waals surface area (Å²) in [6, 6.07) is 10.9. The lowest BCUT2D eigenvalue weighted by atomic mass is 10.1. The van der Waals surface area contributed by atoms with Crippen molar-refractivity contribution in [2.45, 2.75) is 13.8 Å². The van der Waals surface area contributed by atoms with Gasteiger partial charge in [-0.05, 0) is 55.8 Å². The first-order valence-corrected chi connectivity index (χ1v) is 8.95. The van der Waals surface area contributed by atoms with Gasteiger partial charge in [-0.3, -0.25) is 0 Å². The Morgan fingerprint density at radius 1 is 0.893 bits per heavy atom. The van der Waals surface area contributed by atoms with Gasteiger partial charge >= 0.3 is 17.9 Å². The topological polar surface area (TPSA) is 78.9 Å². The summed E-state index contributed by atoms with van der Waals surface area (Å²) < 4.78 is 15.1. The van der Waals surface area contributed by atoms with E-state index in [0.29, 0.717) is 5.02 Å². The molecule has 0 amide bonds. The van der Waals surface area contributed by atoms with Gasteiger partial charge in [0.25, 0.3) is 0 Å². The normalized spacial score (nSPS) is 10.5. The van der Waals surface area contributed by atoms with Crippen LogP contribution >= 0.6 is 11.6 Å². The first-order chi connectivity index (χ1) is 13.4. The van der Waals surface area contributed by atoms with E-state index in [1.165, 1.54) is 24.3 Å². The molecule has 0 radical (unpaired) electrons. The van der Waals surface area contributed by atoms with Gasteiger partial charge in [0.05, 0.1) is 24.3 Å². The summed E-state index contributed by atoms with van der Waals surface area (Å²) in [5.74, 6) is -1.92. The molecule has 0 aliphatic rings. The fraction of sp³-hybridized carbons (Fsp3) is 0.190. The van der Waals surface area contributed by atoms with Crippen molar-refractivity contribution in [3.05, 3.63) is 70.3 Å². The smallest absolute Gasteiger partial charge is 0.338 e. The number of esters is 3. The lowest BCUT2D eigenvalue weighted by molar-refractivity contribution is -0.128. The highest BCUT2D eigenvalue weighted by Crippen LogP contribution is 2.20. The molecule has 0 aliphatic heterocycles. The highest BCUT2D eigenvalue weighted by molar-refractivity contribution is 6.30. The average Bonchev–Trinajstić information content (AvgIpc) is 2.67. The van der Waals surface area contributed by atoms with Crippen LogP contribution in [0.3, 0.4) is 0 Å². The highest BCUT2D eigenvalue weighted by Gasteiger charge is 2.16. The van der Waals surface area contributed by atoms with Gasteiger partial charge in [0.15, 0.2) is 0 Å². The van der Waals surface area contributed by atoms with Crippen molar-refractivity contribution in [2.75, 3.05) is 13.2 Å². The molecule has 0 fully saturated rings. The first kappa shape index (κ1) is 21.2. The van der Waals surface area contributed by atoms with E-state index in [4.69, 9.17) is 25.8 Å². The van der Waals surface area contributed by atoms with Gasteiger partial charge in [-0.15, -0.1) is 0 Å². The molecule has 0 saturated carbocycles. The number of halogens is 1. The van der Waals surface area contributed by atoms with Crippen LogP contribution in [0, 0.1) is 0 Å². The summed E-state index contributed by atoms with van der Waals surface area (Å²) in [5.41, 5.74) is 0.919. The van der Waals surface area contributed by atoms with E-state index in [1.54, 1.807) is 44.2 Å². The van der Waals surface area contributed by atoms with E-state index in [9.17, 15) is 14.4 Å². The van der Waals surface area contributed by atoms with Crippen LogP contribution in [0.25, 0.3) is 6.08 Å². The largest absolute Gasteiger partial charge is 0.462 e. The standard InChI is InChI=1S/C21H19ClO6/c1-3-26-20(24)15-11-16(21(25)27-4-2)13-18(12-15)28-19(23)10-7-14-5-8-17(22)9-6-14/h5-13H,3-4H2,1-2H3/b10-7+. The molecular weight excluding hydrogens is 384 g/mol. The van der Waals surface area contributed by atoms with Crippen LogP contribution in [-0.2, 0) is 14.3 Å². The molecule has 6 nitrogen and oxygen atoms in total. The molecule has 2 aromatic carbocycles. The number of ether oxygens (including phenoxy) is 3. The van der Waals surface area contributed by atoms with Gasteiger partial charge < -0.3 is 14.2 Å². The van der Waals surface area contributed by atoms with Gasteiger partial charge in [-0.1, -0.05) is 23.7 Å². The number of carbonyl (C=O) groups is 3. The molecule has 0 saturated heterocycles. The highest BCUT2D eigenvalue weighted by atomic mass is 35.5. The van der Waals surface area contributed by atoms with Crippen LogP contribution < -0.4 is 4.74 Å². The maximum Gasteiger partial charge on any atom is 0.338 e. The lowest BCUT2D eigenvalue weighted by Crippen LogP contribution is -2.11. The summed E-state index contributed by atoms with van der Waals surface area (Å²) >= 11 is 5.82. The quantitative estimate of drug-likeness (QED) is 0.390. The summed E-state index contributed by atoms with van der Waals surface area (Å²) in [7, 11) is 0. The van der Waals surface area contributed by atoms with Crippen LogP contribution in [0.15, 0.2) is 48.5 Å². The molecule has 2 aromatic rings. The zero-order valence-corrected chi connectivity index (χ0v) is 16.2. The molecule has 0 unspecified atom stereocenters. The fourth-order valence-corrected chi connectivity index (χ4v) is 2.34. The number of rotatable bonds is 7. The van der Waals surface area contributed by atoms with Crippen molar-refractivity contribution in [1.29, 1.82) is 0 Å². The van der Waals surface area contributed by atoms with Gasteiger partial charge in [0, 0.05) is 11.1 Å². The number of hydrogen-bond donors (Lipinski definition) is 0. The Kier molecular flexibility index (Phi) is 7.77. The molecule has 2 rings (SSSR count). The van der Waals surface area contributed by atoms with Crippen molar-refractivity contribution < 1.29 is 28.6 Å². The van der Waals surface area contributed by atoms with Crippen LogP contribution in [0.4, 0.5) is 0 Å². The average molecular weight is 403 g/mol. The third kappa shape index (κ3) is 6.25. The Morgan fingerprint density at radius 2 is 1.43 bits per heavy atom. The van der Waals surface area contributed by atoms with E-state index in [-0.39, 0.29) is 30.1 Å². The molecule has 0 N–H and O–H groups in total. The minimum Gasteiger partial charge on any atom is -0.462 e. The van der Waals surface area contributed by atoms with Crippen LogP contribution in [-0.4, -0.2) is 31.1 Å². The molecule has 0 bridgehead atoms. The maximum atomic E-state index is 12.1. The summed E-state index contributed by atoms with van der Waals surface area (Å²) in [4.78, 5) is 36.1. The third-order valence-electron chi connectivity index (χ3n) is 3.43. The molecule has 7 heteroatoms. The zero-order valence-electron chi connectivity index (χ0n) is 15.4. The van der Waals surface area contributed by atoms with E-state index >= 15 is 0 Å². The van der Waals surface area contributed by atoms with E-state index in [0.717, 1.165) is 5.56 Å². The van der Waals surface area contributed by atoms with E-state index < -0.39 is 17.9 Å². The second-order valence-electron chi connectivity index (χ2n) is 5.49. The second-order valence-corrected chi connectivity index (χ2v) is 5.93. The molecule has 0 aliphatic carbocycles.